The monoisotopic (exact) mass is 275 g/mol. The normalized spacial score (nSPS) is 32.6. The van der Waals surface area contributed by atoms with E-state index in [2.05, 4.69) is 16.3 Å². The van der Waals surface area contributed by atoms with Crippen molar-refractivity contribution >= 4 is 17.2 Å². The lowest BCUT2D eigenvalue weighted by atomic mass is 9.86. The maximum atomic E-state index is 12.5. The molecule has 2 heterocycles. The smallest absolute Gasteiger partial charge is 0.223 e. The van der Waals surface area contributed by atoms with E-state index in [1.54, 1.807) is 0 Å². The Labute approximate surface area is 118 Å². The molecule has 3 atom stereocenters. The van der Waals surface area contributed by atoms with Gasteiger partial charge >= 0.3 is 0 Å². The Kier molecular flexibility index (Phi) is 2.91. The first-order valence-corrected chi connectivity index (χ1v) is 8.50. The van der Waals surface area contributed by atoms with Crippen LogP contribution in [-0.4, -0.2) is 17.4 Å². The molecule has 1 aromatic rings. The molecule has 1 aromatic heterocycles. The van der Waals surface area contributed by atoms with Gasteiger partial charge in [-0.2, -0.15) is 0 Å². The third-order valence-electron chi connectivity index (χ3n) is 5.48. The average Bonchev–Trinajstić information content (AvgIpc) is 3.13. The summed E-state index contributed by atoms with van der Waals surface area (Å²) < 4.78 is 0. The highest BCUT2D eigenvalue weighted by atomic mass is 32.1. The summed E-state index contributed by atoms with van der Waals surface area (Å²) in [5.41, 5.74) is 1.39. The zero-order chi connectivity index (χ0) is 12.8. The number of carbonyl (C=O) groups is 1. The van der Waals surface area contributed by atoms with E-state index in [-0.39, 0.29) is 0 Å². The number of hydrogen-bond acceptors (Lipinski definition) is 2. The predicted octanol–water partition coefficient (Wildman–Crippen LogP) is 3.46. The van der Waals surface area contributed by atoms with Crippen LogP contribution in [0.25, 0.3) is 0 Å². The van der Waals surface area contributed by atoms with Gasteiger partial charge in [-0.05, 0) is 60.4 Å². The molecule has 0 radical (unpaired) electrons. The Hall–Kier alpha value is -0.830. The van der Waals surface area contributed by atoms with Gasteiger partial charge in [0.1, 0.15) is 0 Å². The molecule has 102 valence electrons. The lowest BCUT2D eigenvalue weighted by molar-refractivity contribution is -0.133. The van der Waals surface area contributed by atoms with Crippen LogP contribution in [0.5, 0.6) is 0 Å². The number of hydrogen-bond donors (Lipinski definition) is 0. The van der Waals surface area contributed by atoms with Gasteiger partial charge in [0.2, 0.25) is 5.91 Å². The number of amides is 1. The van der Waals surface area contributed by atoms with Gasteiger partial charge in [0, 0.05) is 24.4 Å². The molecule has 1 amide bonds. The molecular formula is C16H21NOS. The molecule has 19 heavy (non-hydrogen) atoms. The van der Waals surface area contributed by atoms with Gasteiger partial charge in [0.15, 0.2) is 0 Å². The molecular weight excluding hydrogens is 254 g/mol. The lowest BCUT2D eigenvalue weighted by Crippen LogP contribution is -2.36. The quantitative estimate of drug-likeness (QED) is 0.809. The maximum Gasteiger partial charge on any atom is 0.223 e. The van der Waals surface area contributed by atoms with E-state index >= 15 is 0 Å². The van der Waals surface area contributed by atoms with E-state index in [0.29, 0.717) is 11.8 Å². The minimum atomic E-state index is 0.411. The fraction of sp³-hybridized carbons (Fsp3) is 0.688. The first-order valence-electron chi connectivity index (χ1n) is 7.62. The summed E-state index contributed by atoms with van der Waals surface area (Å²) in [6.07, 6.45) is 7.44. The van der Waals surface area contributed by atoms with Gasteiger partial charge in [-0.1, -0.05) is 6.42 Å². The standard InChI is InChI=1S/C16H21NOS/c18-16(9-14-8-11-1-2-12(14)7-11)17-5-3-15-13(10-17)4-6-19-15/h4,6,11-12,14H,1-3,5,7-10H2. The molecule has 2 saturated carbocycles. The van der Waals surface area contributed by atoms with Crippen LogP contribution in [-0.2, 0) is 17.8 Å². The summed E-state index contributed by atoms with van der Waals surface area (Å²) >= 11 is 1.84. The highest BCUT2D eigenvalue weighted by molar-refractivity contribution is 7.10. The van der Waals surface area contributed by atoms with Crippen LogP contribution in [0, 0.1) is 17.8 Å². The van der Waals surface area contributed by atoms with E-state index in [0.717, 1.165) is 37.8 Å². The van der Waals surface area contributed by atoms with Gasteiger partial charge < -0.3 is 4.90 Å². The molecule has 0 aromatic carbocycles. The van der Waals surface area contributed by atoms with Gasteiger partial charge in [-0.15, -0.1) is 11.3 Å². The van der Waals surface area contributed by atoms with Crippen LogP contribution in [0.4, 0.5) is 0 Å². The zero-order valence-electron chi connectivity index (χ0n) is 11.3. The van der Waals surface area contributed by atoms with E-state index in [1.807, 2.05) is 11.3 Å². The Bertz CT molecular complexity index is 495. The molecule has 0 N–H and O–H groups in total. The van der Waals surface area contributed by atoms with Crippen molar-refractivity contribution < 1.29 is 4.79 Å². The van der Waals surface area contributed by atoms with Crippen LogP contribution >= 0.6 is 11.3 Å². The highest BCUT2D eigenvalue weighted by Gasteiger charge is 2.40. The SMILES string of the molecule is O=C(CC1CC2CCC1C2)N1CCc2sccc2C1. The van der Waals surface area contributed by atoms with Crippen molar-refractivity contribution in [2.24, 2.45) is 17.8 Å². The topological polar surface area (TPSA) is 20.3 Å². The first kappa shape index (κ1) is 12.0. The van der Waals surface area contributed by atoms with Crippen molar-refractivity contribution in [3.8, 4) is 0 Å². The van der Waals surface area contributed by atoms with Crippen molar-refractivity contribution in [3.05, 3.63) is 21.9 Å². The van der Waals surface area contributed by atoms with Crippen molar-refractivity contribution in [2.75, 3.05) is 6.54 Å². The lowest BCUT2D eigenvalue weighted by Gasteiger charge is -2.29. The molecule has 2 bridgehead atoms. The van der Waals surface area contributed by atoms with Crippen LogP contribution in [0.1, 0.15) is 42.5 Å². The number of fused-ring (bicyclic) bond motifs is 3. The molecule has 1 aliphatic heterocycles. The van der Waals surface area contributed by atoms with Crippen LogP contribution < -0.4 is 0 Å². The fourth-order valence-corrected chi connectivity index (χ4v) is 5.33. The summed E-state index contributed by atoms with van der Waals surface area (Å²) in [4.78, 5) is 16.1. The maximum absolute atomic E-state index is 12.5. The third kappa shape index (κ3) is 2.12. The summed E-state index contributed by atoms with van der Waals surface area (Å²) in [5.74, 6) is 2.94. The molecule has 3 unspecified atom stereocenters. The number of thiophene rings is 1. The van der Waals surface area contributed by atoms with Crippen molar-refractivity contribution in [1.29, 1.82) is 0 Å². The van der Waals surface area contributed by atoms with Crippen LogP contribution in [0.2, 0.25) is 0 Å². The fourth-order valence-electron chi connectivity index (χ4n) is 4.44. The number of nitrogens with zero attached hydrogens (tertiary/aromatic N) is 1. The van der Waals surface area contributed by atoms with Gasteiger partial charge in [0.25, 0.3) is 0 Å². The summed E-state index contributed by atoms with van der Waals surface area (Å²) in [5, 5.41) is 2.16. The molecule has 3 aliphatic rings. The van der Waals surface area contributed by atoms with Crippen LogP contribution in [0.3, 0.4) is 0 Å². The Balaban J connectivity index is 1.39. The Morgan fingerprint density at radius 1 is 1.37 bits per heavy atom. The van der Waals surface area contributed by atoms with E-state index < -0.39 is 0 Å². The average molecular weight is 275 g/mol. The molecule has 2 aliphatic carbocycles. The van der Waals surface area contributed by atoms with Crippen molar-refractivity contribution in [3.63, 3.8) is 0 Å². The first-order chi connectivity index (χ1) is 9.29. The minimum Gasteiger partial charge on any atom is -0.338 e. The van der Waals surface area contributed by atoms with Gasteiger partial charge in [-0.3, -0.25) is 4.79 Å². The van der Waals surface area contributed by atoms with E-state index in [4.69, 9.17) is 0 Å². The Morgan fingerprint density at radius 2 is 2.32 bits per heavy atom. The molecule has 0 spiro atoms. The molecule has 4 rings (SSSR count). The summed E-state index contributed by atoms with van der Waals surface area (Å²) in [6, 6.07) is 2.19. The highest BCUT2D eigenvalue weighted by Crippen LogP contribution is 2.49. The molecule has 3 heteroatoms. The second-order valence-corrected chi connectivity index (χ2v) is 7.57. The second-order valence-electron chi connectivity index (χ2n) is 6.57. The van der Waals surface area contributed by atoms with Crippen LogP contribution in [0.15, 0.2) is 11.4 Å². The zero-order valence-corrected chi connectivity index (χ0v) is 12.1. The minimum absolute atomic E-state index is 0.411. The van der Waals surface area contributed by atoms with Gasteiger partial charge in [0.05, 0.1) is 0 Å². The van der Waals surface area contributed by atoms with Crippen molar-refractivity contribution in [2.45, 2.75) is 45.1 Å². The summed E-state index contributed by atoms with van der Waals surface area (Å²) in [6.45, 7) is 1.80. The third-order valence-corrected chi connectivity index (χ3v) is 6.50. The Morgan fingerprint density at radius 3 is 3.11 bits per heavy atom. The van der Waals surface area contributed by atoms with E-state index in [9.17, 15) is 4.79 Å². The van der Waals surface area contributed by atoms with Crippen molar-refractivity contribution in [1.82, 2.24) is 4.90 Å². The molecule has 0 saturated heterocycles. The summed E-state index contributed by atoms with van der Waals surface area (Å²) in [7, 11) is 0. The number of carbonyl (C=O) groups excluding carboxylic acids is 1. The van der Waals surface area contributed by atoms with E-state index in [1.165, 1.54) is 36.1 Å². The second kappa shape index (κ2) is 4.62. The van der Waals surface area contributed by atoms with Gasteiger partial charge in [-0.25, -0.2) is 0 Å². The predicted molar refractivity (Wildman–Crippen MR) is 77.0 cm³/mol. The molecule has 2 fully saturated rings. The largest absolute Gasteiger partial charge is 0.338 e. The molecule has 2 nitrogen and oxygen atoms in total. The number of rotatable bonds is 2.